The second-order valence-corrected chi connectivity index (χ2v) is 4.88. The minimum Gasteiger partial charge on any atom is -0.308 e. The number of fused-ring (bicyclic) bond motifs is 1. The molecule has 1 unspecified atom stereocenters. The molecule has 0 bridgehead atoms. The molecule has 0 amide bonds. The Balaban J connectivity index is 2.75. The zero-order valence-corrected chi connectivity index (χ0v) is 12.6. The average molecular weight is 279 g/mol. The lowest BCUT2D eigenvalue weighted by atomic mass is 10.4. The first-order valence-corrected chi connectivity index (χ1v) is 6.80. The van der Waals surface area contributed by atoms with E-state index in [-0.39, 0.29) is 17.4 Å². The van der Waals surface area contributed by atoms with Crippen LogP contribution in [0.25, 0.3) is 11.2 Å². The van der Waals surface area contributed by atoms with Crippen LogP contribution in [0.15, 0.2) is 15.9 Å². The molecular formula is C13H21N5O2. The van der Waals surface area contributed by atoms with E-state index in [0.29, 0.717) is 11.2 Å². The molecule has 2 rings (SSSR count). The van der Waals surface area contributed by atoms with Gasteiger partial charge in [-0.2, -0.15) is 0 Å². The van der Waals surface area contributed by atoms with Crippen LogP contribution in [0.5, 0.6) is 0 Å². The second-order valence-electron chi connectivity index (χ2n) is 4.88. The summed E-state index contributed by atoms with van der Waals surface area (Å²) in [4.78, 5) is 30.7. The summed E-state index contributed by atoms with van der Waals surface area (Å²) in [6.45, 7) is 7.94. The van der Waals surface area contributed by atoms with Crippen LogP contribution in [-0.4, -0.2) is 36.7 Å². The predicted octanol–water partition coefficient (Wildman–Crippen LogP) is 0.294. The number of rotatable bonds is 4. The molecule has 0 saturated carbocycles. The third-order valence-corrected chi connectivity index (χ3v) is 3.92. The normalized spacial score (nSPS) is 13.3. The van der Waals surface area contributed by atoms with Gasteiger partial charge in [-0.15, -0.1) is 0 Å². The topological polar surface area (TPSA) is 65.1 Å². The van der Waals surface area contributed by atoms with Gasteiger partial charge in [0.05, 0.1) is 12.5 Å². The van der Waals surface area contributed by atoms with Gasteiger partial charge in [-0.1, -0.05) is 13.8 Å². The van der Waals surface area contributed by atoms with E-state index < -0.39 is 0 Å². The van der Waals surface area contributed by atoms with E-state index in [1.165, 1.54) is 11.6 Å². The van der Waals surface area contributed by atoms with Crippen molar-refractivity contribution in [1.82, 2.24) is 23.6 Å². The second kappa shape index (κ2) is 5.24. The Morgan fingerprint density at radius 1 is 1.20 bits per heavy atom. The lowest BCUT2D eigenvalue weighted by molar-refractivity contribution is 0.175. The van der Waals surface area contributed by atoms with Crippen molar-refractivity contribution in [3.05, 3.63) is 27.2 Å². The molecule has 2 heterocycles. The third-order valence-electron chi connectivity index (χ3n) is 3.92. The molecule has 110 valence electrons. The molecule has 7 heteroatoms. The number of aryl methyl sites for hydroxylation is 1. The summed E-state index contributed by atoms with van der Waals surface area (Å²) in [5.41, 5.74) is 0.231. The van der Waals surface area contributed by atoms with Crippen LogP contribution in [0.4, 0.5) is 0 Å². The van der Waals surface area contributed by atoms with Gasteiger partial charge in [-0.25, -0.2) is 9.78 Å². The third kappa shape index (κ3) is 1.98. The highest BCUT2D eigenvalue weighted by Crippen LogP contribution is 2.16. The molecule has 0 aromatic carbocycles. The van der Waals surface area contributed by atoms with Gasteiger partial charge in [-0.05, 0) is 20.0 Å². The van der Waals surface area contributed by atoms with Gasteiger partial charge in [0.2, 0.25) is 0 Å². The molecule has 0 aliphatic carbocycles. The van der Waals surface area contributed by atoms with Crippen molar-refractivity contribution in [2.24, 2.45) is 14.1 Å². The van der Waals surface area contributed by atoms with E-state index in [4.69, 9.17) is 0 Å². The van der Waals surface area contributed by atoms with Crippen molar-refractivity contribution in [1.29, 1.82) is 0 Å². The fourth-order valence-electron chi connectivity index (χ4n) is 2.58. The molecule has 0 aliphatic rings. The van der Waals surface area contributed by atoms with E-state index in [1.807, 2.05) is 11.5 Å². The first-order chi connectivity index (χ1) is 9.43. The van der Waals surface area contributed by atoms with E-state index in [2.05, 4.69) is 23.7 Å². The van der Waals surface area contributed by atoms with Gasteiger partial charge < -0.3 is 4.57 Å². The quantitative estimate of drug-likeness (QED) is 0.807. The Morgan fingerprint density at radius 2 is 1.80 bits per heavy atom. The van der Waals surface area contributed by atoms with Crippen LogP contribution in [-0.2, 0) is 14.1 Å². The Labute approximate surface area is 117 Å². The summed E-state index contributed by atoms with van der Waals surface area (Å²) in [6.07, 6.45) is 1.65. The summed E-state index contributed by atoms with van der Waals surface area (Å²) in [7, 11) is 3.12. The fraction of sp³-hybridized carbons (Fsp3) is 0.615. The molecule has 0 N–H and O–H groups in total. The van der Waals surface area contributed by atoms with Gasteiger partial charge in [0.25, 0.3) is 5.56 Å². The Kier molecular flexibility index (Phi) is 3.80. The average Bonchev–Trinajstić information content (AvgIpc) is 2.88. The predicted molar refractivity (Wildman–Crippen MR) is 77.8 cm³/mol. The number of hydrogen-bond donors (Lipinski definition) is 0. The number of aromatic nitrogens is 4. The van der Waals surface area contributed by atoms with Gasteiger partial charge in [0.15, 0.2) is 11.2 Å². The zero-order valence-electron chi connectivity index (χ0n) is 12.6. The van der Waals surface area contributed by atoms with Gasteiger partial charge >= 0.3 is 5.69 Å². The molecular weight excluding hydrogens is 258 g/mol. The van der Waals surface area contributed by atoms with Crippen LogP contribution < -0.4 is 11.2 Å². The lowest BCUT2D eigenvalue weighted by Crippen LogP contribution is -2.38. The fourth-order valence-corrected chi connectivity index (χ4v) is 2.58. The maximum Gasteiger partial charge on any atom is 0.332 e. The van der Waals surface area contributed by atoms with Crippen LogP contribution in [0.3, 0.4) is 0 Å². The molecule has 0 radical (unpaired) electrons. The molecule has 20 heavy (non-hydrogen) atoms. The number of hydrogen-bond acceptors (Lipinski definition) is 4. The summed E-state index contributed by atoms with van der Waals surface area (Å²) in [6, 6.07) is 0. The molecule has 7 nitrogen and oxygen atoms in total. The molecule has 0 fully saturated rings. The van der Waals surface area contributed by atoms with Crippen molar-refractivity contribution >= 4 is 11.2 Å². The lowest BCUT2D eigenvalue weighted by Gasteiger charge is -2.27. The van der Waals surface area contributed by atoms with E-state index in [0.717, 1.165) is 17.7 Å². The maximum absolute atomic E-state index is 12.4. The minimum atomic E-state index is -0.358. The van der Waals surface area contributed by atoms with E-state index >= 15 is 0 Å². The van der Waals surface area contributed by atoms with Crippen molar-refractivity contribution in [2.75, 3.05) is 13.1 Å². The smallest absolute Gasteiger partial charge is 0.308 e. The highest BCUT2D eigenvalue weighted by molar-refractivity contribution is 5.70. The van der Waals surface area contributed by atoms with Gasteiger partial charge in [0, 0.05) is 14.1 Å². The summed E-state index contributed by atoms with van der Waals surface area (Å²) in [5.74, 6) is 0. The molecule has 1 atom stereocenters. The number of imidazole rings is 1. The van der Waals surface area contributed by atoms with Crippen LogP contribution in [0, 0.1) is 0 Å². The molecule has 0 aliphatic heterocycles. The minimum absolute atomic E-state index is 0.0141. The van der Waals surface area contributed by atoms with Crippen LogP contribution in [0.2, 0.25) is 0 Å². The number of nitrogens with zero attached hydrogens (tertiary/aromatic N) is 5. The zero-order chi connectivity index (χ0) is 15.0. The van der Waals surface area contributed by atoms with Crippen molar-refractivity contribution in [3.63, 3.8) is 0 Å². The molecule has 0 spiro atoms. The van der Waals surface area contributed by atoms with E-state index in [1.54, 1.807) is 13.4 Å². The Bertz CT molecular complexity index is 736. The SMILES string of the molecule is CCN(CC)C(C)n1cnc2c1c(=O)n(C)c(=O)n2C. The summed E-state index contributed by atoms with van der Waals surface area (Å²) >= 11 is 0. The van der Waals surface area contributed by atoms with Crippen molar-refractivity contribution in [2.45, 2.75) is 26.9 Å². The molecule has 0 saturated heterocycles. The Hall–Kier alpha value is -1.89. The largest absolute Gasteiger partial charge is 0.332 e. The first-order valence-electron chi connectivity index (χ1n) is 6.80. The molecule has 2 aromatic rings. The van der Waals surface area contributed by atoms with Gasteiger partial charge in [0.1, 0.15) is 0 Å². The standard InChI is InChI=1S/C13H21N5O2/c1-6-17(7-2)9(3)18-8-14-11-10(18)12(19)16(5)13(20)15(11)4/h8-9H,6-7H2,1-5H3. The highest BCUT2D eigenvalue weighted by Gasteiger charge is 2.19. The van der Waals surface area contributed by atoms with Crippen molar-refractivity contribution < 1.29 is 0 Å². The van der Waals surface area contributed by atoms with E-state index in [9.17, 15) is 9.59 Å². The highest BCUT2D eigenvalue weighted by atomic mass is 16.2. The summed E-state index contributed by atoms with van der Waals surface area (Å²) in [5, 5.41) is 0. The van der Waals surface area contributed by atoms with Crippen LogP contribution in [0.1, 0.15) is 26.9 Å². The molecule has 2 aromatic heterocycles. The van der Waals surface area contributed by atoms with Gasteiger partial charge in [-0.3, -0.25) is 18.8 Å². The first kappa shape index (κ1) is 14.5. The Morgan fingerprint density at radius 3 is 2.35 bits per heavy atom. The van der Waals surface area contributed by atoms with Crippen LogP contribution >= 0.6 is 0 Å². The monoisotopic (exact) mass is 279 g/mol. The summed E-state index contributed by atoms with van der Waals surface area (Å²) < 4.78 is 4.36. The van der Waals surface area contributed by atoms with Crippen molar-refractivity contribution in [3.8, 4) is 0 Å². The maximum atomic E-state index is 12.4.